The minimum absolute atomic E-state index is 0.122. The number of halogens is 7. The maximum absolute atomic E-state index is 14.9. The second-order valence-electron chi connectivity index (χ2n) is 8.89. The van der Waals surface area contributed by atoms with Gasteiger partial charge in [-0.15, -0.1) is 0 Å². The molecule has 0 aliphatic heterocycles. The van der Waals surface area contributed by atoms with E-state index in [-0.39, 0.29) is 28.6 Å². The van der Waals surface area contributed by atoms with E-state index in [4.69, 9.17) is 5.73 Å². The largest absolute Gasteiger partial charge is 0.423 e. The Balaban J connectivity index is 1.53. The molecule has 0 aliphatic rings. The van der Waals surface area contributed by atoms with Crippen LogP contribution in [-0.4, -0.2) is 36.9 Å². The van der Waals surface area contributed by atoms with Crippen molar-refractivity contribution in [3.05, 3.63) is 74.4 Å². The highest BCUT2D eigenvalue weighted by atomic mass is 19.4. The van der Waals surface area contributed by atoms with E-state index >= 15 is 0 Å². The van der Waals surface area contributed by atoms with Gasteiger partial charge in [0.1, 0.15) is 23.4 Å². The predicted molar refractivity (Wildman–Crippen MR) is 131 cm³/mol. The number of nitrogens with two attached hydrogens (primary N) is 1. The van der Waals surface area contributed by atoms with Gasteiger partial charge in [-0.3, -0.25) is 9.59 Å². The molecule has 0 fully saturated rings. The molecule has 40 heavy (non-hydrogen) atoms. The van der Waals surface area contributed by atoms with Crippen LogP contribution in [0.25, 0.3) is 22.2 Å². The summed E-state index contributed by atoms with van der Waals surface area (Å²) in [7, 11) is 0. The Morgan fingerprint density at radius 3 is 2.52 bits per heavy atom. The molecule has 4 aromatic rings. The fraction of sp³-hybridized carbons (Fsp3) is 0.292. The summed E-state index contributed by atoms with van der Waals surface area (Å²) < 4.78 is 96.2. The normalized spacial score (nSPS) is 13.5. The summed E-state index contributed by atoms with van der Waals surface area (Å²) in [6, 6.07) is 2.59. The van der Waals surface area contributed by atoms with Crippen LogP contribution >= 0.6 is 0 Å². The Morgan fingerprint density at radius 2 is 1.88 bits per heavy atom. The highest BCUT2D eigenvalue weighted by Gasteiger charge is 2.37. The van der Waals surface area contributed by atoms with Crippen molar-refractivity contribution in [1.29, 1.82) is 0 Å². The van der Waals surface area contributed by atoms with Crippen LogP contribution in [0.15, 0.2) is 46.4 Å². The molecule has 3 aromatic heterocycles. The number of anilines is 2. The van der Waals surface area contributed by atoms with Gasteiger partial charge in [0.2, 0.25) is 0 Å². The minimum atomic E-state index is -4.98. The summed E-state index contributed by atoms with van der Waals surface area (Å²) in [5, 5.41) is 7.55. The van der Waals surface area contributed by atoms with Crippen LogP contribution in [0.5, 0.6) is 0 Å². The smallest absolute Gasteiger partial charge is 0.383 e. The molecule has 212 valence electrons. The molecule has 4 rings (SSSR count). The molecule has 1 aromatic carbocycles. The van der Waals surface area contributed by atoms with Crippen molar-refractivity contribution in [3.63, 3.8) is 0 Å². The first-order valence-corrected chi connectivity index (χ1v) is 11.5. The fourth-order valence-corrected chi connectivity index (χ4v) is 4.11. The molecule has 9 nitrogen and oxygen atoms in total. The molecule has 0 bridgehead atoms. The number of hydrogen-bond acceptors (Lipinski definition) is 7. The summed E-state index contributed by atoms with van der Waals surface area (Å²) in [5.74, 6) is -1.76. The fourth-order valence-electron chi connectivity index (χ4n) is 4.11. The molecular formula is C24H20F7N7O2. The zero-order valence-corrected chi connectivity index (χ0v) is 20.4. The number of rotatable bonds is 8. The van der Waals surface area contributed by atoms with Crippen molar-refractivity contribution >= 4 is 22.3 Å². The number of nitrogens with zero attached hydrogens (tertiary/aromatic N) is 4. The summed E-state index contributed by atoms with van der Waals surface area (Å²) in [6.07, 6.45) is -7.20. The van der Waals surface area contributed by atoms with E-state index in [0.29, 0.717) is 0 Å². The average molecular weight is 571 g/mol. The number of aromatic nitrogens is 5. The molecule has 0 radical (unpaired) electrons. The van der Waals surface area contributed by atoms with Crippen LogP contribution in [0.3, 0.4) is 0 Å². The van der Waals surface area contributed by atoms with E-state index in [1.54, 1.807) is 5.10 Å². The highest BCUT2D eigenvalue weighted by molar-refractivity contribution is 5.86. The van der Waals surface area contributed by atoms with Gasteiger partial charge in [-0.05, 0) is 30.5 Å². The van der Waals surface area contributed by atoms with E-state index in [0.717, 1.165) is 23.0 Å². The second-order valence-corrected chi connectivity index (χ2v) is 8.89. The lowest BCUT2D eigenvalue weighted by molar-refractivity contribution is -0.138. The molecule has 0 spiro atoms. The van der Waals surface area contributed by atoms with E-state index < -0.39 is 70.9 Å². The van der Waals surface area contributed by atoms with Crippen LogP contribution in [0.4, 0.5) is 42.2 Å². The van der Waals surface area contributed by atoms with E-state index in [1.165, 1.54) is 25.3 Å². The van der Waals surface area contributed by atoms with Crippen LogP contribution in [0.2, 0.25) is 0 Å². The van der Waals surface area contributed by atoms with Crippen LogP contribution in [0, 0.1) is 5.82 Å². The third kappa shape index (κ3) is 5.89. The van der Waals surface area contributed by atoms with E-state index in [2.05, 4.69) is 20.4 Å². The average Bonchev–Trinajstić information content (AvgIpc) is 2.84. The van der Waals surface area contributed by atoms with Crippen molar-refractivity contribution in [1.82, 2.24) is 24.7 Å². The predicted octanol–water partition coefficient (Wildman–Crippen LogP) is 4.45. The molecule has 0 aliphatic carbocycles. The summed E-state index contributed by atoms with van der Waals surface area (Å²) in [6.45, 7) is 0.884. The third-order valence-electron chi connectivity index (χ3n) is 5.93. The topological polar surface area (TPSA) is 132 Å². The van der Waals surface area contributed by atoms with Crippen molar-refractivity contribution < 1.29 is 30.7 Å². The lowest BCUT2D eigenvalue weighted by atomic mass is 10.1. The molecule has 0 saturated heterocycles. The molecule has 4 N–H and O–H groups in total. The molecule has 2 atom stereocenters. The summed E-state index contributed by atoms with van der Waals surface area (Å²) >= 11 is 0. The Hall–Kier alpha value is -4.50. The van der Waals surface area contributed by atoms with Gasteiger partial charge in [-0.2, -0.15) is 18.3 Å². The zero-order chi connectivity index (χ0) is 29.4. The van der Waals surface area contributed by atoms with Gasteiger partial charge in [0.05, 0.1) is 34.9 Å². The number of pyridine rings is 1. The summed E-state index contributed by atoms with van der Waals surface area (Å²) in [5.41, 5.74) is 0.349. The highest BCUT2D eigenvalue weighted by Crippen LogP contribution is 2.32. The van der Waals surface area contributed by atoms with Gasteiger partial charge >= 0.3 is 6.18 Å². The van der Waals surface area contributed by atoms with E-state index in [1.807, 2.05) is 0 Å². The molecular weight excluding hydrogens is 551 g/mol. The van der Waals surface area contributed by atoms with E-state index in [9.17, 15) is 40.3 Å². The van der Waals surface area contributed by atoms with Gasteiger partial charge in [-0.1, -0.05) is 0 Å². The molecule has 0 unspecified atom stereocenters. The number of hydrogen-bond donors (Lipinski definition) is 3. The molecule has 3 heterocycles. The maximum atomic E-state index is 14.9. The standard InChI is InChI=1S/C24H20F7N7O2/c1-10(35-17-8-34-37-22(39)18(17)24(29,30)31)4-12(25)9-38-3-2-11-5-14(16(26)6-13(11)23(38)40)21-33-7-15(19(27)28)20(32)36-21/h2-3,5-8,10,12,19H,4,9H2,1H3,(H2,32,33,36)(H2,35,37,39)/t10-,12-/m0/s1. The number of benzene rings is 1. The first-order chi connectivity index (χ1) is 18.8. The quantitative estimate of drug-likeness (QED) is 0.266. The Kier molecular flexibility index (Phi) is 7.79. The Labute approximate surface area is 219 Å². The minimum Gasteiger partial charge on any atom is -0.383 e. The SMILES string of the molecule is C[C@@H](C[C@H](F)Cn1ccc2cc(-c3ncc(C(F)F)c(N)n3)c(F)cc2c1=O)Nc1cn[nH]c(=O)c1C(F)(F)F. The number of nitrogens with one attached hydrogen (secondary N) is 2. The van der Waals surface area contributed by atoms with Gasteiger partial charge in [0, 0.05) is 24.9 Å². The number of alkyl halides is 6. The van der Waals surface area contributed by atoms with Gasteiger partial charge in [-0.25, -0.2) is 32.6 Å². The van der Waals surface area contributed by atoms with Crippen molar-refractivity contribution in [2.45, 2.75) is 44.7 Å². The first-order valence-electron chi connectivity index (χ1n) is 11.5. The number of H-pyrrole nitrogens is 1. The van der Waals surface area contributed by atoms with Crippen LogP contribution < -0.4 is 22.2 Å². The monoisotopic (exact) mass is 571 g/mol. The van der Waals surface area contributed by atoms with Gasteiger partial charge in [0.15, 0.2) is 5.82 Å². The molecule has 16 heteroatoms. The first kappa shape index (κ1) is 28.5. The van der Waals surface area contributed by atoms with Gasteiger partial charge < -0.3 is 15.6 Å². The maximum Gasteiger partial charge on any atom is 0.423 e. The number of nitrogen functional groups attached to an aromatic ring is 1. The zero-order valence-electron chi connectivity index (χ0n) is 20.4. The molecule has 0 amide bonds. The second kappa shape index (κ2) is 10.9. The number of aromatic amines is 1. The van der Waals surface area contributed by atoms with Crippen LogP contribution in [0.1, 0.15) is 30.9 Å². The molecule has 0 saturated carbocycles. The Morgan fingerprint density at radius 1 is 1.15 bits per heavy atom. The van der Waals surface area contributed by atoms with Crippen molar-refractivity contribution in [2.24, 2.45) is 0 Å². The lowest BCUT2D eigenvalue weighted by Gasteiger charge is -2.20. The third-order valence-corrected chi connectivity index (χ3v) is 5.93. The Bertz CT molecular complexity index is 1670. The van der Waals surface area contributed by atoms with Crippen molar-refractivity contribution in [2.75, 3.05) is 11.1 Å². The summed E-state index contributed by atoms with van der Waals surface area (Å²) in [4.78, 5) is 32.0. The number of fused-ring (bicyclic) bond motifs is 1. The lowest BCUT2D eigenvalue weighted by Crippen LogP contribution is -2.30. The van der Waals surface area contributed by atoms with Crippen molar-refractivity contribution in [3.8, 4) is 11.4 Å². The van der Waals surface area contributed by atoms with Gasteiger partial charge in [0.25, 0.3) is 17.5 Å². The van der Waals surface area contributed by atoms with Crippen LogP contribution in [-0.2, 0) is 12.7 Å².